The van der Waals surface area contributed by atoms with E-state index in [9.17, 15) is 35.1 Å². The molecule has 1 aliphatic rings. The van der Waals surface area contributed by atoms with Crippen molar-refractivity contribution in [2.75, 3.05) is 13.2 Å². The second-order valence-electron chi connectivity index (χ2n) is 19.4. The number of carbonyl (C=O) groups excluding carboxylic acids is 2. The lowest BCUT2D eigenvalue weighted by atomic mass is 9.99. The van der Waals surface area contributed by atoms with Crippen LogP contribution in [0.1, 0.15) is 220 Å². The molecule has 1 heterocycles. The van der Waals surface area contributed by atoms with E-state index >= 15 is 0 Å². The smallest absolute Gasteiger partial charge is 0.306 e. The number of hydrogen-bond donors (Lipinski definition) is 6. The predicted molar refractivity (Wildman–Crippen MR) is 292 cm³/mol. The van der Waals surface area contributed by atoms with Gasteiger partial charge in [-0.1, -0.05) is 234 Å². The molecule has 1 amide bonds. The quantitative estimate of drug-likeness (QED) is 0.0149. The summed E-state index contributed by atoms with van der Waals surface area (Å²) in [5.74, 6) is -1.28. The molecule has 0 saturated carbocycles. The fourth-order valence-corrected chi connectivity index (χ4v) is 8.38. The van der Waals surface area contributed by atoms with Crippen molar-refractivity contribution in [2.45, 2.75) is 269 Å². The van der Waals surface area contributed by atoms with Gasteiger partial charge in [-0.25, -0.2) is 0 Å². The van der Waals surface area contributed by atoms with Crippen LogP contribution in [-0.2, 0) is 23.8 Å². The largest absolute Gasteiger partial charge is 0.454 e. The molecular weight excluding hydrogens is 895 g/mol. The number of rotatable bonds is 46. The van der Waals surface area contributed by atoms with Crippen LogP contribution in [0.5, 0.6) is 0 Å². The predicted octanol–water partition coefficient (Wildman–Crippen LogP) is 12.6. The third-order valence-corrected chi connectivity index (χ3v) is 12.9. The maximum Gasteiger partial charge on any atom is 0.306 e. The molecule has 0 radical (unpaired) electrons. The maximum absolute atomic E-state index is 13.3. The van der Waals surface area contributed by atoms with Crippen molar-refractivity contribution in [3.63, 3.8) is 0 Å². The van der Waals surface area contributed by atoms with Crippen LogP contribution in [0.2, 0.25) is 0 Å². The lowest BCUT2D eigenvalue weighted by molar-refractivity contribution is -0.305. The molecule has 11 heteroatoms. The van der Waals surface area contributed by atoms with Crippen molar-refractivity contribution in [3.8, 4) is 0 Å². The summed E-state index contributed by atoms with van der Waals surface area (Å²) in [6.07, 6.45) is 50.7. The summed E-state index contributed by atoms with van der Waals surface area (Å²) in [6, 6.07) is -1.06. The molecule has 408 valence electrons. The van der Waals surface area contributed by atoms with Gasteiger partial charge < -0.3 is 45.1 Å². The van der Waals surface area contributed by atoms with E-state index in [1.54, 1.807) is 6.08 Å². The van der Waals surface area contributed by atoms with Gasteiger partial charge in [-0.2, -0.15) is 0 Å². The van der Waals surface area contributed by atoms with Crippen molar-refractivity contribution in [1.29, 1.82) is 0 Å². The summed E-state index contributed by atoms with van der Waals surface area (Å²) < 4.78 is 17.5. The number of carbonyl (C=O) groups is 2. The zero-order valence-electron chi connectivity index (χ0n) is 44.8. The Hall–Kier alpha value is -3.16. The molecule has 0 spiro atoms. The first-order valence-electron chi connectivity index (χ1n) is 28.4. The number of allylic oxidation sites excluding steroid dienone is 13. The van der Waals surface area contributed by atoms with Gasteiger partial charge in [0.25, 0.3) is 0 Å². The first-order valence-corrected chi connectivity index (χ1v) is 28.4. The van der Waals surface area contributed by atoms with Crippen molar-refractivity contribution < 1.29 is 49.3 Å². The van der Waals surface area contributed by atoms with E-state index in [0.717, 1.165) is 64.2 Å². The average Bonchev–Trinajstić information content (AvgIpc) is 3.37. The highest BCUT2D eigenvalue weighted by molar-refractivity contribution is 5.80. The number of amides is 1. The number of aliphatic hydroxyl groups is 5. The lowest BCUT2D eigenvalue weighted by Crippen LogP contribution is -2.61. The van der Waals surface area contributed by atoms with Gasteiger partial charge in [-0.05, 0) is 64.2 Å². The topological polar surface area (TPSA) is 175 Å². The van der Waals surface area contributed by atoms with Crippen molar-refractivity contribution in [1.82, 2.24) is 5.32 Å². The van der Waals surface area contributed by atoms with Gasteiger partial charge in [0.1, 0.15) is 24.4 Å². The Balaban J connectivity index is 2.78. The number of aliphatic hydroxyl groups excluding tert-OH is 5. The molecule has 0 bridgehead atoms. The molecule has 11 nitrogen and oxygen atoms in total. The highest BCUT2D eigenvalue weighted by atomic mass is 16.7. The van der Waals surface area contributed by atoms with E-state index in [1.165, 1.54) is 109 Å². The second-order valence-corrected chi connectivity index (χ2v) is 19.4. The van der Waals surface area contributed by atoms with Gasteiger partial charge in [0, 0.05) is 6.42 Å². The molecule has 0 aliphatic carbocycles. The summed E-state index contributed by atoms with van der Waals surface area (Å²) >= 11 is 0. The van der Waals surface area contributed by atoms with Gasteiger partial charge in [0.15, 0.2) is 12.4 Å². The summed E-state index contributed by atoms with van der Waals surface area (Å²) in [6.45, 7) is 5.57. The van der Waals surface area contributed by atoms with E-state index in [2.05, 4.69) is 44.3 Å². The Labute approximate surface area is 432 Å². The lowest BCUT2D eigenvalue weighted by Gasteiger charge is -2.41. The molecule has 6 N–H and O–H groups in total. The monoisotopic (exact) mass is 998 g/mol. The van der Waals surface area contributed by atoms with Crippen LogP contribution in [0.15, 0.2) is 85.1 Å². The van der Waals surface area contributed by atoms with Crippen molar-refractivity contribution in [3.05, 3.63) is 85.1 Å². The minimum Gasteiger partial charge on any atom is -0.454 e. The SMILES string of the molecule is CC/C=C/C=C/C=C\C=C/C=C/CCC(O)C(=O)NC(COC1OC(CO)C(O)C(O)C1OC(=O)CCCCCCCCC/C=C/CCCCCCCC)C(O)/C=C/CCCCCCCCCCCCC. The number of hydrogen-bond acceptors (Lipinski definition) is 10. The van der Waals surface area contributed by atoms with Gasteiger partial charge in [0.05, 0.1) is 25.4 Å². The van der Waals surface area contributed by atoms with E-state index in [0.29, 0.717) is 12.8 Å². The van der Waals surface area contributed by atoms with Gasteiger partial charge in [0.2, 0.25) is 5.91 Å². The number of nitrogens with one attached hydrogen (secondary N) is 1. The molecule has 0 aromatic heterocycles. The van der Waals surface area contributed by atoms with Crippen LogP contribution < -0.4 is 5.32 Å². The Kier molecular flexibility index (Phi) is 44.4. The Morgan fingerprint density at radius 1 is 0.563 bits per heavy atom. The fourth-order valence-electron chi connectivity index (χ4n) is 8.38. The number of ether oxygens (including phenoxy) is 3. The molecule has 0 aromatic rings. The normalized spacial score (nSPS) is 20.3. The van der Waals surface area contributed by atoms with Crippen LogP contribution >= 0.6 is 0 Å². The summed E-state index contributed by atoms with van der Waals surface area (Å²) in [5, 5.41) is 56.6. The third-order valence-electron chi connectivity index (χ3n) is 12.9. The molecule has 1 saturated heterocycles. The maximum atomic E-state index is 13.3. The average molecular weight is 998 g/mol. The van der Waals surface area contributed by atoms with E-state index in [4.69, 9.17) is 14.2 Å². The molecule has 1 rings (SSSR count). The summed E-state index contributed by atoms with van der Waals surface area (Å²) in [4.78, 5) is 26.4. The Morgan fingerprint density at radius 3 is 1.54 bits per heavy atom. The molecule has 1 fully saturated rings. The number of esters is 1. The van der Waals surface area contributed by atoms with E-state index in [1.807, 2.05) is 60.8 Å². The Morgan fingerprint density at radius 2 is 1.03 bits per heavy atom. The molecule has 8 unspecified atom stereocenters. The first-order chi connectivity index (χ1) is 34.7. The van der Waals surface area contributed by atoms with E-state index < -0.39 is 67.4 Å². The second kappa shape index (κ2) is 47.8. The zero-order valence-corrected chi connectivity index (χ0v) is 44.8. The summed E-state index contributed by atoms with van der Waals surface area (Å²) in [5.41, 5.74) is 0. The van der Waals surface area contributed by atoms with Crippen LogP contribution in [-0.4, -0.2) is 99.6 Å². The molecule has 71 heavy (non-hydrogen) atoms. The molecular formula is C60H103NO10. The molecule has 1 aliphatic heterocycles. The van der Waals surface area contributed by atoms with Crippen LogP contribution in [0.3, 0.4) is 0 Å². The minimum atomic E-state index is -1.63. The first kappa shape index (κ1) is 65.9. The molecule has 0 aromatic carbocycles. The highest BCUT2D eigenvalue weighted by Gasteiger charge is 2.47. The summed E-state index contributed by atoms with van der Waals surface area (Å²) in [7, 11) is 0. The zero-order chi connectivity index (χ0) is 51.8. The minimum absolute atomic E-state index is 0.107. The fraction of sp³-hybridized carbons (Fsp3) is 0.733. The van der Waals surface area contributed by atoms with Gasteiger partial charge in [-0.3, -0.25) is 9.59 Å². The Bertz CT molecular complexity index is 1470. The third kappa shape index (κ3) is 36.4. The van der Waals surface area contributed by atoms with Crippen LogP contribution in [0, 0.1) is 0 Å². The van der Waals surface area contributed by atoms with Crippen LogP contribution in [0.4, 0.5) is 0 Å². The highest BCUT2D eigenvalue weighted by Crippen LogP contribution is 2.26. The van der Waals surface area contributed by atoms with Gasteiger partial charge in [-0.15, -0.1) is 0 Å². The standard InChI is InChI=1S/C60H103NO10/c1-4-7-10-13-16-19-22-25-26-27-28-30-33-36-39-42-45-48-55(65)71-58-57(67)56(66)54(49-62)70-60(58)69-50-51(52(63)46-43-40-37-34-32-29-23-20-17-14-11-8-5-2)61-59(68)53(64)47-44-41-38-35-31-24-21-18-15-12-9-6-3/h9,12,15,18,21,24-26,31,35,38,41,43,46,51-54,56-58,60,62-64,66-67H,4-8,10-11,13-14,16-17,19-20,22-23,27-30,32-34,36-37,39-40,42,44-45,47-50H2,1-3H3,(H,61,68)/b12-9+,18-15+,24-21-,26-25+,35-31-,41-38+,46-43+. The van der Waals surface area contributed by atoms with Crippen molar-refractivity contribution in [2.24, 2.45) is 0 Å². The van der Waals surface area contributed by atoms with E-state index in [-0.39, 0.29) is 19.4 Å². The van der Waals surface area contributed by atoms with Gasteiger partial charge >= 0.3 is 5.97 Å². The number of unbranched alkanes of at least 4 members (excludes halogenated alkanes) is 24. The van der Waals surface area contributed by atoms with Crippen molar-refractivity contribution >= 4 is 11.9 Å². The van der Waals surface area contributed by atoms with Crippen LogP contribution in [0.25, 0.3) is 0 Å². The molecule has 8 atom stereocenters.